The number of hydrogen-bond acceptors (Lipinski definition) is 3. The van der Waals surface area contributed by atoms with Gasteiger partial charge >= 0.3 is 11.9 Å². The molecule has 1 atom stereocenters. The van der Waals surface area contributed by atoms with Crippen molar-refractivity contribution in [3.05, 3.63) is 35.4 Å². The molecule has 0 spiro atoms. The van der Waals surface area contributed by atoms with Crippen LogP contribution in [0.25, 0.3) is 0 Å². The minimum Gasteiger partial charge on any atom is -0.481 e. The first kappa shape index (κ1) is 17.2. The number of nitrogens with zero attached hydrogens (tertiary/aromatic N) is 1. The molecule has 1 unspecified atom stereocenters. The number of benzene rings is 1. The van der Waals surface area contributed by atoms with E-state index in [0.29, 0.717) is 6.54 Å². The van der Waals surface area contributed by atoms with Crippen LogP contribution in [0.1, 0.15) is 31.4 Å². The van der Waals surface area contributed by atoms with E-state index in [2.05, 4.69) is 0 Å². The number of rotatable bonds is 8. The molecule has 0 aliphatic carbocycles. The third-order valence-corrected chi connectivity index (χ3v) is 3.40. The second-order valence-corrected chi connectivity index (χ2v) is 5.63. The van der Waals surface area contributed by atoms with E-state index in [4.69, 9.17) is 5.11 Å². The lowest BCUT2D eigenvalue weighted by Gasteiger charge is -2.31. The highest BCUT2D eigenvalue weighted by Crippen LogP contribution is 2.16. The van der Waals surface area contributed by atoms with Gasteiger partial charge in [-0.15, -0.1) is 0 Å². The van der Waals surface area contributed by atoms with Crippen molar-refractivity contribution < 1.29 is 19.8 Å². The fourth-order valence-corrected chi connectivity index (χ4v) is 2.35. The number of aryl methyl sites for hydroxylation is 1. The third-order valence-electron chi connectivity index (χ3n) is 3.40. The fraction of sp³-hybridized carbons (Fsp3) is 0.500. The van der Waals surface area contributed by atoms with Gasteiger partial charge in [0.2, 0.25) is 0 Å². The van der Waals surface area contributed by atoms with Crippen LogP contribution in [0.2, 0.25) is 0 Å². The largest absolute Gasteiger partial charge is 0.481 e. The van der Waals surface area contributed by atoms with Gasteiger partial charge in [-0.1, -0.05) is 43.7 Å². The van der Waals surface area contributed by atoms with E-state index in [1.165, 1.54) is 0 Å². The van der Waals surface area contributed by atoms with E-state index in [1.807, 2.05) is 45.0 Å². The van der Waals surface area contributed by atoms with Crippen molar-refractivity contribution in [1.29, 1.82) is 0 Å². The van der Waals surface area contributed by atoms with Crippen LogP contribution < -0.4 is 0 Å². The molecule has 0 heterocycles. The number of hydrogen-bond donors (Lipinski definition) is 2. The minimum absolute atomic E-state index is 0.0671. The van der Waals surface area contributed by atoms with Crippen LogP contribution in [0.3, 0.4) is 0 Å². The standard InChI is InChI=1S/C16H23NO4/c1-11(2)15(16(20)21)17(9-8-14(18)19)10-13-6-4-12(3)5-7-13/h4-7,11,15H,8-10H2,1-3H3,(H,18,19)(H,20,21). The maximum absolute atomic E-state index is 11.5. The van der Waals surface area contributed by atoms with Gasteiger partial charge in [-0.25, -0.2) is 0 Å². The van der Waals surface area contributed by atoms with Gasteiger partial charge in [0.15, 0.2) is 0 Å². The molecule has 0 saturated carbocycles. The van der Waals surface area contributed by atoms with Gasteiger partial charge in [-0.05, 0) is 18.4 Å². The average Bonchev–Trinajstić information content (AvgIpc) is 2.37. The van der Waals surface area contributed by atoms with E-state index >= 15 is 0 Å². The minimum atomic E-state index is -0.920. The van der Waals surface area contributed by atoms with Gasteiger partial charge in [0, 0.05) is 13.1 Å². The van der Waals surface area contributed by atoms with Crippen LogP contribution >= 0.6 is 0 Å². The van der Waals surface area contributed by atoms with Crippen molar-refractivity contribution in [2.75, 3.05) is 6.54 Å². The third kappa shape index (κ3) is 5.55. The monoisotopic (exact) mass is 293 g/mol. The summed E-state index contributed by atoms with van der Waals surface area (Å²) < 4.78 is 0. The lowest BCUT2D eigenvalue weighted by atomic mass is 10.0. The van der Waals surface area contributed by atoms with Crippen molar-refractivity contribution in [3.63, 3.8) is 0 Å². The topological polar surface area (TPSA) is 77.8 Å². The van der Waals surface area contributed by atoms with Gasteiger partial charge < -0.3 is 10.2 Å². The molecule has 0 aliphatic rings. The Hall–Kier alpha value is -1.88. The zero-order valence-corrected chi connectivity index (χ0v) is 12.7. The highest BCUT2D eigenvalue weighted by atomic mass is 16.4. The highest BCUT2D eigenvalue weighted by Gasteiger charge is 2.28. The molecule has 1 aromatic carbocycles. The summed E-state index contributed by atoms with van der Waals surface area (Å²) in [4.78, 5) is 24.0. The zero-order valence-electron chi connectivity index (χ0n) is 12.7. The maximum atomic E-state index is 11.5. The smallest absolute Gasteiger partial charge is 0.321 e. The molecule has 0 aliphatic heterocycles. The van der Waals surface area contributed by atoms with Crippen LogP contribution in [0.4, 0.5) is 0 Å². The van der Waals surface area contributed by atoms with Crippen molar-refractivity contribution in [2.45, 2.75) is 39.8 Å². The summed E-state index contributed by atoms with van der Waals surface area (Å²) in [6, 6.07) is 7.14. The summed E-state index contributed by atoms with van der Waals surface area (Å²) in [5.41, 5.74) is 2.12. The van der Waals surface area contributed by atoms with Gasteiger partial charge in [-0.2, -0.15) is 0 Å². The Morgan fingerprint density at radius 2 is 1.71 bits per heavy atom. The van der Waals surface area contributed by atoms with Crippen LogP contribution in [-0.4, -0.2) is 39.6 Å². The molecule has 0 saturated heterocycles. The quantitative estimate of drug-likeness (QED) is 0.769. The summed E-state index contributed by atoms with van der Waals surface area (Å²) in [5, 5.41) is 18.3. The van der Waals surface area contributed by atoms with Gasteiger partial charge in [0.1, 0.15) is 6.04 Å². The molecule has 5 heteroatoms. The van der Waals surface area contributed by atoms with Gasteiger partial charge in [-0.3, -0.25) is 14.5 Å². The van der Waals surface area contributed by atoms with Crippen molar-refractivity contribution in [1.82, 2.24) is 4.90 Å². The van der Waals surface area contributed by atoms with Crippen LogP contribution in [-0.2, 0) is 16.1 Å². The van der Waals surface area contributed by atoms with Crippen LogP contribution in [0.5, 0.6) is 0 Å². The second kappa shape index (κ2) is 7.78. The van der Waals surface area contributed by atoms with Crippen molar-refractivity contribution >= 4 is 11.9 Å². The summed E-state index contributed by atoms with van der Waals surface area (Å²) in [7, 11) is 0. The Kier molecular flexibility index (Phi) is 6.37. The second-order valence-electron chi connectivity index (χ2n) is 5.63. The predicted molar refractivity (Wildman–Crippen MR) is 80.1 cm³/mol. The van der Waals surface area contributed by atoms with Gasteiger partial charge in [0.05, 0.1) is 6.42 Å². The van der Waals surface area contributed by atoms with Gasteiger partial charge in [0.25, 0.3) is 0 Å². The summed E-state index contributed by atoms with van der Waals surface area (Å²) in [6.45, 7) is 6.31. The molecular weight excluding hydrogens is 270 g/mol. The van der Waals surface area contributed by atoms with Crippen molar-refractivity contribution in [3.8, 4) is 0 Å². The van der Waals surface area contributed by atoms with E-state index in [-0.39, 0.29) is 18.9 Å². The molecule has 1 rings (SSSR count). The maximum Gasteiger partial charge on any atom is 0.321 e. The SMILES string of the molecule is Cc1ccc(CN(CCC(=O)O)C(C(=O)O)C(C)C)cc1. The highest BCUT2D eigenvalue weighted by molar-refractivity contribution is 5.74. The normalized spacial score (nSPS) is 12.6. The van der Waals surface area contributed by atoms with Crippen molar-refractivity contribution in [2.24, 2.45) is 5.92 Å². The molecule has 0 amide bonds. The molecule has 5 nitrogen and oxygen atoms in total. The first-order chi connectivity index (χ1) is 9.81. The molecule has 0 radical (unpaired) electrons. The molecule has 2 N–H and O–H groups in total. The van der Waals surface area contributed by atoms with E-state index < -0.39 is 18.0 Å². The molecular formula is C16H23NO4. The van der Waals surface area contributed by atoms with E-state index in [1.54, 1.807) is 4.90 Å². The Labute approximate surface area is 125 Å². The molecule has 21 heavy (non-hydrogen) atoms. The number of aliphatic carboxylic acids is 2. The predicted octanol–water partition coefficient (Wildman–Crippen LogP) is 2.38. The Morgan fingerprint density at radius 3 is 2.14 bits per heavy atom. The molecule has 116 valence electrons. The van der Waals surface area contributed by atoms with E-state index in [9.17, 15) is 14.7 Å². The van der Waals surface area contributed by atoms with E-state index in [0.717, 1.165) is 11.1 Å². The first-order valence-corrected chi connectivity index (χ1v) is 7.05. The number of carbonyl (C=O) groups is 2. The summed E-state index contributed by atoms with van der Waals surface area (Å²) in [6.07, 6.45) is -0.0671. The Bertz CT molecular complexity index is 482. The summed E-state index contributed by atoms with van der Waals surface area (Å²) in [5.74, 6) is -1.93. The number of carboxylic acid groups (broad SMARTS) is 2. The lowest BCUT2D eigenvalue weighted by molar-refractivity contribution is -0.147. The molecule has 0 bridgehead atoms. The number of carboxylic acids is 2. The lowest BCUT2D eigenvalue weighted by Crippen LogP contribution is -2.45. The Balaban J connectivity index is 2.91. The fourth-order valence-electron chi connectivity index (χ4n) is 2.35. The summed E-state index contributed by atoms with van der Waals surface area (Å²) >= 11 is 0. The molecule has 0 aromatic heterocycles. The molecule has 1 aromatic rings. The van der Waals surface area contributed by atoms with Crippen LogP contribution in [0, 0.1) is 12.8 Å². The Morgan fingerprint density at radius 1 is 1.14 bits per heavy atom. The zero-order chi connectivity index (χ0) is 16.0. The average molecular weight is 293 g/mol. The first-order valence-electron chi connectivity index (χ1n) is 7.05. The molecule has 0 fully saturated rings. The van der Waals surface area contributed by atoms with Crippen LogP contribution in [0.15, 0.2) is 24.3 Å².